The van der Waals surface area contributed by atoms with Crippen LogP contribution in [0.1, 0.15) is 114 Å². The second kappa shape index (κ2) is 40.0. The van der Waals surface area contributed by atoms with Crippen molar-refractivity contribution in [1.82, 2.24) is 21.3 Å². The quantitative estimate of drug-likeness (QED) is 0.330. The van der Waals surface area contributed by atoms with Crippen LogP contribution in [0.3, 0.4) is 0 Å². The van der Waals surface area contributed by atoms with Crippen LogP contribution in [0.15, 0.2) is 0 Å². The predicted octanol–water partition coefficient (Wildman–Crippen LogP) is 3.90. The molecule has 0 unspecified atom stereocenters. The van der Waals surface area contributed by atoms with E-state index in [2.05, 4.69) is 42.0 Å². The van der Waals surface area contributed by atoms with E-state index in [4.69, 9.17) is 5.73 Å². The average Bonchev–Trinajstić information content (AvgIpc) is 2.93. The Balaban J connectivity index is -0.000000146. The van der Waals surface area contributed by atoms with Crippen molar-refractivity contribution in [3.63, 3.8) is 0 Å². The number of carbonyl (C=O) groups excluding carboxylic acids is 4. The van der Waals surface area contributed by atoms with Crippen LogP contribution in [0.5, 0.6) is 0 Å². The molecule has 0 heterocycles. The molecule has 0 radical (unpaired) electrons. The summed E-state index contributed by atoms with van der Waals surface area (Å²) in [5.41, 5.74) is 4.85. The first-order valence-corrected chi connectivity index (χ1v) is 14.0. The van der Waals surface area contributed by atoms with Gasteiger partial charge in [0.15, 0.2) is 0 Å². The number of hydrogen-bond donors (Lipinski definition) is 5. The normalized spacial score (nSPS) is 11.2. The van der Waals surface area contributed by atoms with E-state index in [1.807, 2.05) is 34.6 Å². The zero-order valence-electron chi connectivity index (χ0n) is 25.3. The number of nitrogens with one attached hydrogen (secondary N) is 4. The number of rotatable bonds is 8. The summed E-state index contributed by atoms with van der Waals surface area (Å²) in [4.78, 5) is 44.0. The highest BCUT2D eigenvalue weighted by molar-refractivity contribution is 5.89. The van der Waals surface area contributed by atoms with Crippen LogP contribution in [-0.2, 0) is 19.2 Å². The van der Waals surface area contributed by atoms with Gasteiger partial charge in [0.1, 0.15) is 0 Å². The summed E-state index contributed by atoms with van der Waals surface area (Å²) in [6.45, 7) is 18.3. The summed E-state index contributed by atoms with van der Waals surface area (Å²) < 4.78 is 0. The second-order valence-corrected chi connectivity index (χ2v) is 7.38. The summed E-state index contributed by atoms with van der Waals surface area (Å²) in [5.74, 6) is -0.427. The van der Waals surface area contributed by atoms with Gasteiger partial charge in [0.25, 0.3) is 0 Å². The molecule has 1 rings (SSSR count). The molecule has 0 atom stereocenters. The van der Waals surface area contributed by atoms with Crippen LogP contribution in [0.4, 0.5) is 0 Å². The van der Waals surface area contributed by atoms with E-state index in [0.717, 1.165) is 12.5 Å². The summed E-state index contributed by atoms with van der Waals surface area (Å²) >= 11 is 0. The third-order valence-corrected chi connectivity index (χ3v) is 4.24. The van der Waals surface area contributed by atoms with Gasteiger partial charge in [-0.05, 0) is 12.5 Å². The highest BCUT2D eigenvalue weighted by atomic mass is 16.2. The molecule has 36 heavy (non-hydrogen) atoms. The summed E-state index contributed by atoms with van der Waals surface area (Å²) in [6.07, 6.45) is 10.5. The third-order valence-electron chi connectivity index (χ3n) is 4.24. The first-order chi connectivity index (χ1) is 17.2. The van der Waals surface area contributed by atoms with Gasteiger partial charge in [-0.15, -0.1) is 0 Å². The molecule has 0 aromatic carbocycles. The SMILES string of the molecule is CC.CC.CCC.CCC(=O)NCC(=O)NCC(=O)NCC(=O)NC.CCC1CCCCC1.CCN. The molecule has 9 nitrogen and oxygen atoms in total. The Morgan fingerprint density at radius 3 is 1.28 bits per heavy atom. The molecular formula is C27H61N5O4. The zero-order valence-corrected chi connectivity index (χ0v) is 25.3. The van der Waals surface area contributed by atoms with E-state index in [-0.39, 0.29) is 31.4 Å². The first-order valence-electron chi connectivity index (χ1n) is 14.0. The van der Waals surface area contributed by atoms with Crippen molar-refractivity contribution >= 4 is 23.6 Å². The van der Waals surface area contributed by atoms with Crippen molar-refractivity contribution in [2.75, 3.05) is 33.2 Å². The molecule has 6 N–H and O–H groups in total. The largest absolute Gasteiger partial charge is 0.358 e. The van der Waals surface area contributed by atoms with E-state index in [9.17, 15) is 19.2 Å². The number of likely N-dealkylation sites (N-methyl/N-ethyl adjacent to an activating group) is 1. The zero-order chi connectivity index (χ0) is 29.2. The minimum atomic E-state index is -0.478. The molecule has 218 valence electrons. The molecule has 0 aromatic heterocycles. The van der Waals surface area contributed by atoms with Gasteiger partial charge in [0, 0.05) is 13.5 Å². The van der Waals surface area contributed by atoms with Crippen LogP contribution in [0, 0.1) is 5.92 Å². The minimum absolute atomic E-state index is 0.141. The average molecular weight is 520 g/mol. The lowest BCUT2D eigenvalue weighted by atomic mass is 9.88. The lowest BCUT2D eigenvalue weighted by Crippen LogP contribution is -2.43. The Bertz CT molecular complexity index is 449. The molecule has 1 saturated carbocycles. The topological polar surface area (TPSA) is 142 Å². The van der Waals surface area contributed by atoms with Crippen LogP contribution >= 0.6 is 0 Å². The Morgan fingerprint density at radius 1 is 0.667 bits per heavy atom. The van der Waals surface area contributed by atoms with Crippen molar-refractivity contribution in [3.05, 3.63) is 0 Å². The smallest absolute Gasteiger partial charge is 0.239 e. The van der Waals surface area contributed by atoms with E-state index < -0.39 is 11.8 Å². The fourth-order valence-electron chi connectivity index (χ4n) is 2.47. The number of hydrogen-bond acceptors (Lipinski definition) is 5. The third kappa shape index (κ3) is 42.0. The van der Waals surface area contributed by atoms with Gasteiger partial charge in [-0.2, -0.15) is 0 Å². The van der Waals surface area contributed by atoms with Gasteiger partial charge in [0.2, 0.25) is 23.6 Å². The van der Waals surface area contributed by atoms with Crippen LogP contribution in [0.25, 0.3) is 0 Å². The highest BCUT2D eigenvalue weighted by Gasteiger charge is 2.09. The van der Waals surface area contributed by atoms with Crippen molar-refractivity contribution in [3.8, 4) is 0 Å². The Morgan fingerprint density at radius 2 is 1.00 bits per heavy atom. The molecular weight excluding hydrogens is 458 g/mol. The number of carbonyl (C=O) groups is 4. The lowest BCUT2D eigenvalue weighted by Gasteiger charge is -2.18. The van der Waals surface area contributed by atoms with Crippen molar-refractivity contribution in [2.24, 2.45) is 11.7 Å². The molecule has 9 heteroatoms. The molecule has 1 aliphatic carbocycles. The van der Waals surface area contributed by atoms with Crippen molar-refractivity contribution in [2.45, 2.75) is 114 Å². The van der Waals surface area contributed by atoms with Gasteiger partial charge < -0.3 is 27.0 Å². The van der Waals surface area contributed by atoms with Crippen molar-refractivity contribution < 1.29 is 19.2 Å². The van der Waals surface area contributed by atoms with Crippen LogP contribution in [-0.4, -0.2) is 56.9 Å². The first kappa shape index (κ1) is 43.9. The molecule has 1 aliphatic rings. The fourth-order valence-corrected chi connectivity index (χ4v) is 2.47. The van der Waals surface area contributed by atoms with Gasteiger partial charge in [-0.3, -0.25) is 19.2 Å². The van der Waals surface area contributed by atoms with Gasteiger partial charge >= 0.3 is 0 Å². The number of nitrogens with two attached hydrogens (primary N) is 1. The van der Waals surface area contributed by atoms with Gasteiger partial charge in [0.05, 0.1) is 19.6 Å². The van der Waals surface area contributed by atoms with Gasteiger partial charge in [-0.25, -0.2) is 0 Å². The molecule has 0 aliphatic heterocycles. The van der Waals surface area contributed by atoms with E-state index in [1.54, 1.807) is 6.92 Å². The van der Waals surface area contributed by atoms with Crippen molar-refractivity contribution in [1.29, 1.82) is 0 Å². The maximum atomic E-state index is 11.2. The molecule has 0 aromatic rings. The molecule has 4 amide bonds. The summed E-state index contributed by atoms with van der Waals surface area (Å²) in [6, 6.07) is 0. The van der Waals surface area contributed by atoms with E-state index in [0.29, 0.717) is 6.42 Å². The molecule has 0 spiro atoms. The van der Waals surface area contributed by atoms with Crippen LogP contribution in [0.2, 0.25) is 0 Å². The van der Waals surface area contributed by atoms with E-state index >= 15 is 0 Å². The Labute approximate surface area is 222 Å². The monoisotopic (exact) mass is 519 g/mol. The Kier molecular flexibility index (Phi) is 48.8. The molecule has 1 fully saturated rings. The van der Waals surface area contributed by atoms with E-state index in [1.165, 1.54) is 52.0 Å². The summed E-state index contributed by atoms with van der Waals surface area (Å²) in [5, 5.41) is 9.32. The standard InChI is InChI=1S/C10H18N4O4.C8H16.C3H8.C2H7N.2C2H6/c1-3-7(15)12-5-9(17)14-6-10(18)13-4-8(16)11-2;1-2-8-6-4-3-5-7-8;1-3-2;1-2-3;2*1-2/h3-6H2,1-2H3,(H,11,16)(H,12,15)(H,13,18)(H,14,17);8H,2-7H2,1H3;3H2,1-2H3;2-3H2,1H3;2*1-2H3. The predicted molar refractivity (Wildman–Crippen MR) is 154 cm³/mol. The minimum Gasteiger partial charge on any atom is -0.358 e. The molecule has 0 bridgehead atoms. The molecule has 0 saturated heterocycles. The highest BCUT2D eigenvalue weighted by Crippen LogP contribution is 2.25. The second-order valence-electron chi connectivity index (χ2n) is 7.38. The maximum Gasteiger partial charge on any atom is 0.239 e. The fraction of sp³-hybridized carbons (Fsp3) is 0.852. The van der Waals surface area contributed by atoms with Crippen LogP contribution < -0.4 is 27.0 Å². The maximum absolute atomic E-state index is 11.2. The summed E-state index contributed by atoms with van der Waals surface area (Å²) in [7, 11) is 1.45. The number of amides is 4. The Hall–Kier alpha value is -2.16. The van der Waals surface area contributed by atoms with Gasteiger partial charge in [-0.1, -0.05) is 107 Å². The lowest BCUT2D eigenvalue weighted by molar-refractivity contribution is -0.128.